The molecule has 2 fully saturated rings. The molecule has 2 atom stereocenters. The standard InChI is InChI=1S/C20H31N3O/c1-3-22(4-2)20(24)21-17-13-18-11-8-12-19(14-17)23(18)15-16-9-6-5-7-10-16/h5-7,9-10,17-19H,3-4,8,11-15H2,1-2H3,(H,21,24)/t18-,19-/m1/s1. The van der Waals surface area contributed by atoms with Gasteiger partial charge in [-0.15, -0.1) is 0 Å². The zero-order valence-electron chi connectivity index (χ0n) is 15.1. The molecule has 0 aliphatic carbocycles. The van der Waals surface area contributed by atoms with Crippen LogP contribution >= 0.6 is 0 Å². The summed E-state index contributed by atoms with van der Waals surface area (Å²) in [5.74, 6) is 0. The van der Waals surface area contributed by atoms with E-state index in [0.717, 1.165) is 32.5 Å². The van der Waals surface area contributed by atoms with Gasteiger partial charge in [-0.2, -0.15) is 0 Å². The summed E-state index contributed by atoms with van der Waals surface area (Å²) in [5.41, 5.74) is 1.40. The third kappa shape index (κ3) is 3.92. The van der Waals surface area contributed by atoms with Gasteiger partial charge in [0.05, 0.1) is 0 Å². The molecule has 3 rings (SSSR count). The number of rotatable bonds is 5. The average Bonchev–Trinajstić information content (AvgIpc) is 2.57. The fraction of sp³-hybridized carbons (Fsp3) is 0.650. The topological polar surface area (TPSA) is 35.6 Å². The second-order valence-electron chi connectivity index (χ2n) is 7.19. The summed E-state index contributed by atoms with van der Waals surface area (Å²) in [6.45, 7) is 6.69. The molecule has 0 spiro atoms. The third-order valence-corrected chi connectivity index (χ3v) is 5.71. The third-order valence-electron chi connectivity index (χ3n) is 5.71. The van der Waals surface area contributed by atoms with Crippen molar-refractivity contribution in [3.63, 3.8) is 0 Å². The molecule has 2 aliphatic heterocycles. The van der Waals surface area contributed by atoms with Gasteiger partial charge in [0.1, 0.15) is 0 Å². The Bertz CT molecular complexity index is 515. The summed E-state index contributed by atoms with van der Waals surface area (Å²) < 4.78 is 0. The van der Waals surface area contributed by atoms with Crippen LogP contribution in [-0.4, -0.2) is 47.0 Å². The Kier molecular flexibility index (Phi) is 5.77. The van der Waals surface area contributed by atoms with Crippen LogP contribution in [0.3, 0.4) is 0 Å². The molecule has 1 aromatic carbocycles. The number of fused-ring (bicyclic) bond motifs is 2. The minimum Gasteiger partial charge on any atom is -0.335 e. The Morgan fingerprint density at radius 1 is 1.12 bits per heavy atom. The van der Waals surface area contributed by atoms with E-state index in [9.17, 15) is 4.79 Å². The first-order valence-corrected chi connectivity index (χ1v) is 9.56. The Labute approximate surface area is 146 Å². The normalized spacial score (nSPS) is 26.8. The number of hydrogen-bond acceptors (Lipinski definition) is 2. The second kappa shape index (κ2) is 8.02. The van der Waals surface area contributed by atoms with E-state index in [1.807, 2.05) is 18.7 Å². The maximum Gasteiger partial charge on any atom is 0.317 e. The van der Waals surface area contributed by atoms with E-state index in [1.165, 1.54) is 24.8 Å². The lowest BCUT2D eigenvalue weighted by atomic mass is 9.81. The molecule has 2 bridgehead atoms. The highest BCUT2D eigenvalue weighted by Gasteiger charge is 2.38. The molecule has 2 saturated heterocycles. The molecule has 0 unspecified atom stereocenters. The second-order valence-corrected chi connectivity index (χ2v) is 7.19. The molecule has 1 N–H and O–H groups in total. The summed E-state index contributed by atoms with van der Waals surface area (Å²) >= 11 is 0. The average molecular weight is 329 g/mol. The van der Waals surface area contributed by atoms with Gasteiger partial charge < -0.3 is 10.2 Å². The van der Waals surface area contributed by atoms with Crippen molar-refractivity contribution in [2.24, 2.45) is 0 Å². The van der Waals surface area contributed by atoms with E-state index in [2.05, 4.69) is 40.5 Å². The predicted molar refractivity (Wildman–Crippen MR) is 97.9 cm³/mol. The van der Waals surface area contributed by atoms with Crippen molar-refractivity contribution in [3.8, 4) is 0 Å². The molecule has 4 heteroatoms. The molecule has 0 radical (unpaired) electrons. The zero-order chi connectivity index (χ0) is 16.9. The Balaban J connectivity index is 1.62. The van der Waals surface area contributed by atoms with Crippen LogP contribution in [0.2, 0.25) is 0 Å². The first kappa shape index (κ1) is 17.3. The molecule has 132 valence electrons. The summed E-state index contributed by atoms with van der Waals surface area (Å²) in [6, 6.07) is 12.5. The zero-order valence-corrected chi connectivity index (χ0v) is 15.1. The summed E-state index contributed by atoms with van der Waals surface area (Å²) in [6.07, 6.45) is 6.05. The van der Waals surface area contributed by atoms with Crippen molar-refractivity contribution in [1.82, 2.24) is 15.1 Å². The SMILES string of the molecule is CCN(CC)C(=O)NC1C[C@H]2CCC[C@H](C1)N2Cc1ccccc1. The maximum atomic E-state index is 12.4. The minimum atomic E-state index is 0.111. The van der Waals surface area contributed by atoms with Gasteiger partial charge in [0.25, 0.3) is 0 Å². The van der Waals surface area contributed by atoms with Crippen molar-refractivity contribution in [1.29, 1.82) is 0 Å². The molecule has 2 amide bonds. The van der Waals surface area contributed by atoms with Crippen LogP contribution in [0.1, 0.15) is 51.5 Å². The van der Waals surface area contributed by atoms with E-state index in [4.69, 9.17) is 0 Å². The van der Waals surface area contributed by atoms with Gasteiger partial charge in [-0.3, -0.25) is 4.90 Å². The largest absolute Gasteiger partial charge is 0.335 e. The Hall–Kier alpha value is -1.55. The number of carbonyl (C=O) groups is 1. The number of nitrogens with one attached hydrogen (secondary N) is 1. The van der Waals surface area contributed by atoms with Gasteiger partial charge in [-0.05, 0) is 45.1 Å². The molecule has 0 saturated carbocycles. The van der Waals surface area contributed by atoms with Crippen LogP contribution < -0.4 is 5.32 Å². The van der Waals surface area contributed by atoms with Crippen molar-refractivity contribution in [2.45, 2.75) is 70.6 Å². The molecule has 1 aromatic rings. The molecule has 2 heterocycles. The number of hydrogen-bond donors (Lipinski definition) is 1. The van der Waals surface area contributed by atoms with Gasteiger partial charge in [0, 0.05) is 37.8 Å². The Morgan fingerprint density at radius 3 is 2.33 bits per heavy atom. The Morgan fingerprint density at radius 2 is 1.75 bits per heavy atom. The number of piperidine rings is 2. The van der Waals surface area contributed by atoms with Gasteiger partial charge in [-0.25, -0.2) is 4.79 Å². The highest BCUT2D eigenvalue weighted by molar-refractivity contribution is 5.74. The minimum absolute atomic E-state index is 0.111. The summed E-state index contributed by atoms with van der Waals surface area (Å²) in [4.78, 5) is 16.9. The lowest BCUT2D eigenvalue weighted by Crippen LogP contribution is -2.57. The highest BCUT2D eigenvalue weighted by atomic mass is 16.2. The number of carbonyl (C=O) groups excluding carboxylic acids is 1. The first-order chi connectivity index (χ1) is 11.7. The number of nitrogens with zero attached hydrogens (tertiary/aromatic N) is 2. The first-order valence-electron chi connectivity index (χ1n) is 9.56. The number of amides is 2. The van der Waals surface area contributed by atoms with Crippen LogP contribution in [0.4, 0.5) is 4.79 Å². The highest BCUT2D eigenvalue weighted by Crippen LogP contribution is 2.35. The van der Waals surface area contributed by atoms with E-state index in [1.54, 1.807) is 0 Å². The lowest BCUT2D eigenvalue weighted by Gasteiger charge is -2.49. The fourth-order valence-corrected chi connectivity index (χ4v) is 4.43. The van der Waals surface area contributed by atoms with Crippen LogP contribution in [0, 0.1) is 0 Å². The maximum absolute atomic E-state index is 12.4. The van der Waals surface area contributed by atoms with Crippen LogP contribution in [0.5, 0.6) is 0 Å². The van der Waals surface area contributed by atoms with Gasteiger partial charge in [0.2, 0.25) is 0 Å². The van der Waals surface area contributed by atoms with Crippen LogP contribution in [0.25, 0.3) is 0 Å². The number of benzene rings is 1. The van der Waals surface area contributed by atoms with E-state index in [-0.39, 0.29) is 6.03 Å². The van der Waals surface area contributed by atoms with Crippen molar-refractivity contribution in [3.05, 3.63) is 35.9 Å². The quantitative estimate of drug-likeness (QED) is 0.895. The molecule has 4 nitrogen and oxygen atoms in total. The van der Waals surface area contributed by atoms with Crippen LogP contribution in [0.15, 0.2) is 30.3 Å². The van der Waals surface area contributed by atoms with Crippen molar-refractivity contribution < 1.29 is 4.79 Å². The van der Waals surface area contributed by atoms with E-state index >= 15 is 0 Å². The van der Waals surface area contributed by atoms with E-state index in [0.29, 0.717) is 18.1 Å². The van der Waals surface area contributed by atoms with Crippen LogP contribution in [-0.2, 0) is 6.54 Å². The molecular formula is C20H31N3O. The van der Waals surface area contributed by atoms with Gasteiger partial charge in [-0.1, -0.05) is 36.8 Å². The monoisotopic (exact) mass is 329 g/mol. The number of urea groups is 1. The van der Waals surface area contributed by atoms with Crippen molar-refractivity contribution in [2.75, 3.05) is 13.1 Å². The molecule has 2 aliphatic rings. The van der Waals surface area contributed by atoms with Gasteiger partial charge in [0.15, 0.2) is 0 Å². The smallest absolute Gasteiger partial charge is 0.317 e. The summed E-state index contributed by atoms with van der Waals surface area (Å²) in [5, 5.41) is 3.29. The molecule has 24 heavy (non-hydrogen) atoms. The fourth-order valence-electron chi connectivity index (χ4n) is 4.43. The van der Waals surface area contributed by atoms with Crippen molar-refractivity contribution >= 4 is 6.03 Å². The van der Waals surface area contributed by atoms with E-state index < -0.39 is 0 Å². The molecular weight excluding hydrogens is 298 g/mol. The van der Waals surface area contributed by atoms with Gasteiger partial charge >= 0.3 is 6.03 Å². The lowest BCUT2D eigenvalue weighted by molar-refractivity contribution is 0.0188. The molecule has 0 aromatic heterocycles. The predicted octanol–water partition coefficient (Wildman–Crippen LogP) is 3.62. The summed E-state index contributed by atoms with van der Waals surface area (Å²) in [7, 11) is 0.